The summed E-state index contributed by atoms with van der Waals surface area (Å²) in [4.78, 5) is 19.8. The lowest BCUT2D eigenvalue weighted by atomic mass is 9.94. The number of nitrogens with zero attached hydrogens (tertiary/aromatic N) is 3. The first-order valence-electron chi connectivity index (χ1n) is 11.6. The zero-order chi connectivity index (χ0) is 27.8. The van der Waals surface area contributed by atoms with Crippen molar-refractivity contribution in [3.05, 3.63) is 48.7 Å². The third kappa shape index (κ3) is 5.23. The largest absolute Gasteiger partial charge is 0.468 e. The number of carbonyl (C=O) groups is 1. The molecule has 38 heavy (non-hydrogen) atoms. The molecule has 5 N–H and O–H groups in total. The first-order valence-corrected chi connectivity index (χ1v) is 13.1. The summed E-state index contributed by atoms with van der Waals surface area (Å²) in [7, 11) is -3.13. The van der Waals surface area contributed by atoms with Crippen molar-refractivity contribution in [2.75, 3.05) is 12.8 Å². The van der Waals surface area contributed by atoms with Gasteiger partial charge >= 0.3 is 13.7 Å². The van der Waals surface area contributed by atoms with Crippen LogP contribution in [0.25, 0.3) is 11.0 Å². The second-order valence-corrected chi connectivity index (χ2v) is 10.7. The molecule has 1 unspecified atom stereocenters. The Morgan fingerprint density at radius 3 is 2.66 bits per heavy atom. The number of nitrogens with two attached hydrogens (primary N) is 1. The molecule has 0 aliphatic carbocycles. The van der Waals surface area contributed by atoms with Crippen molar-refractivity contribution in [1.29, 1.82) is 0 Å². The van der Waals surface area contributed by atoms with Gasteiger partial charge in [-0.25, -0.2) is 18.9 Å². The van der Waals surface area contributed by atoms with E-state index < -0.39 is 55.7 Å². The molecule has 1 aliphatic rings. The highest BCUT2D eigenvalue weighted by atomic mass is 31.2. The summed E-state index contributed by atoms with van der Waals surface area (Å²) in [5.41, 5.74) is 3.84. The Morgan fingerprint density at radius 1 is 1.32 bits per heavy atom. The lowest BCUT2D eigenvalue weighted by Crippen LogP contribution is -2.46. The van der Waals surface area contributed by atoms with Gasteiger partial charge in [-0.2, -0.15) is 5.09 Å². The number of para-hydroxylation sites is 1. The Kier molecular flexibility index (Phi) is 7.75. The minimum atomic E-state index is -4.30. The van der Waals surface area contributed by atoms with Crippen molar-refractivity contribution < 1.29 is 42.5 Å². The maximum Gasteiger partial charge on any atom is 0.459 e. The number of hydrogen-bond donors (Lipinski definition) is 4. The maximum absolute atomic E-state index is 14.7. The van der Waals surface area contributed by atoms with Crippen LogP contribution in [0.2, 0.25) is 0 Å². The van der Waals surface area contributed by atoms with E-state index >= 15 is 0 Å². The average Bonchev–Trinajstić information content (AvgIpc) is 3.32. The first kappa shape index (κ1) is 27.9. The van der Waals surface area contributed by atoms with Gasteiger partial charge < -0.3 is 29.9 Å². The average molecular weight is 553 g/mol. The summed E-state index contributed by atoms with van der Waals surface area (Å²) in [5.74, 6) is -1.40. The van der Waals surface area contributed by atoms with Gasteiger partial charge in [-0.15, -0.1) is 0 Å². The van der Waals surface area contributed by atoms with Gasteiger partial charge in [0.1, 0.15) is 41.7 Å². The number of nitrogen functional groups attached to an aromatic ring is 1. The number of hydrogen-bond acceptors (Lipinski definition) is 11. The molecule has 0 amide bonds. The van der Waals surface area contributed by atoms with Crippen LogP contribution in [0.1, 0.15) is 27.0 Å². The highest BCUT2D eigenvalue weighted by Crippen LogP contribution is 2.49. The second-order valence-electron chi connectivity index (χ2n) is 9.05. The standard InChI is InChI=1S/C23H29FN5O8P/c1-12(21(31)34-4)28-38(33,37-14-8-6-5-7-9-14)36-13(2)17-18(30)23(3,32)22(35-17)29-10-15(24)16-19(25)26-11-27-20(16)29/h5-13,17-18,22,30,32H,1-4H3,(H,28,33)(H2,25,26,27)/t12-,13+,17+,18+,22+,23+,38?/m0/s1. The molecule has 7 atom stereocenters. The molecular formula is C23H29FN5O8P. The van der Waals surface area contributed by atoms with Crippen molar-refractivity contribution in [3.63, 3.8) is 0 Å². The quantitative estimate of drug-likeness (QED) is 0.224. The predicted octanol–water partition coefficient (Wildman–Crippen LogP) is 1.91. The number of rotatable bonds is 9. The molecule has 1 fully saturated rings. The van der Waals surface area contributed by atoms with Crippen molar-refractivity contribution in [3.8, 4) is 5.75 Å². The highest BCUT2D eigenvalue weighted by Gasteiger charge is 2.56. The summed E-state index contributed by atoms with van der Waals surface area (Å²) in [6.45, 7) is 4.13. The van der Waals surface area contributed by atoms with Gasteiger partial charge in [-0.3, -0.25) is 13.9 Å². The first-order chi connectivity index (χ1) is 17.9. The molecule has 15 heteroatoms. The highest BCUT2D eigenvalue weighted by molar-refractivity contribution is 7.52. The number of halogens is 1. The molecule has 3 aromatic rings. The summed E-state index contributed by atoms with van der Waals surface area (Å²) >= 11 is 0. The lowest BCUT2D eigenvalue weighted by molar-refractivity contribution is -0.142. The smallest absolute Gasteiger partial charge is 0.459 e. The van der Waals surface area contributed by atoms with E-state index in [4.69, 9.17) is 19.5 Å². The monoisotopic (exact) mass is 553 g/mol. The maximum atomic E-state index is 14.7. The van der Waals surface area contributed by atoms with Crippen LogP contribution < -0.4 is 15.3 Å². The van der Waals surface area contributed by atoms with E-state index in [2.05, 4.69) is 19.8 Å². The minimum absolute atomic E-state index is 0.0355. The SMILES string of the molecule is COC(=O)[C@H](C)NP(=O)(Oc1ccccc1)O[C@H](C)[C@H]1O[C@@H](n2cc(F)c3c(N)ncnc32)[C@](C)(O)[C@@H]1O. The van der Waals surface area contributed by atoms with E-state index in [-0.39, 0.29) is 22.6 Å². The van der Waals surface area contributed by atoms with Crippen molar-refractivity contribution in [2.45, 2.75) is 57.0 Å². The second kappa shape index (κ2) is 10.6. The zero-order valence-electron chi connectivity index (χ0n) is 21.0. The number of aliphatic hydroxyl groups excluding tert-OH is 1. The molecule has 1 aromatic carbocycles. The lowest BCUT2D eigenvalue weighted by Gasteiger charge is -2.29. The number of benzene rings is 1. The third-order valence-corrected chi connectivity index (χ3v) is 7.95. The number of fused-ring (bicyclic) bond motifs is 1. The zero-order valence-corrected chi connectivity index (χ0v) is 21.9. The van der Waals surface area contributed by atoms with Crippen molar-refractivity contribution in [1.82, 2.24) is 19.6 Å². The van der Waals surface area contributed by atoms with Gasteiger partial charge in [0.15, 0.2) is 17.7 Å². The van der Waals surface area contributed by atoms with Crippen LogP contribution in [0.15, 0.2) is 42.9 Å². The van der Waals surface area contributed by atoms with E-state index in [0.717, 1.165) is 12.5 Å². The molecule has 4 rings (SSSR count). The molecule has 0 radical (unpaired) electrons. The fourth-order valence-electron chi connectivity index (χ4n) is 4.24. The molecule has 2 aromatic heterocycles. The van der Waals surface area contributed by atoms with Crippen LogP contribution in [0.5, 0.6) is 5.75 Å². The van der Waals surface area contributed by atoms with Gasteiger partial charge in [0.25, 0.3) is 0 Å². The van der Waals surface area contributed by atoms with Crippen LogP contribution in [-0.4, -0.2) is 67.8 Å². The van der Waals surface area contributed by atoms with E-state index in [1.165, 1.54) is 44.6 Å². The number of carbonyl (C=O) groups excluding carboxylic acids is 1. The van der Waals surface area contributed by atoms with Crippen LogP contribution in [-0.2, 0) is 23.4 Å². The molecular weight excluding hydrogens is 524 g/mol. The van der Waals surface area contributed by atoms with Crippen molar-refractivity contribution in [2.24, 2.45) is 0 Å². The van der Waals surface area contributed by atoms with Crippen LogP contribution in [0, 0.1) is 5.82 Å². The summed E-state index contributed by atoms with van der Waals surface area (Å²) in [5, 5.41) is 24.6. The molecule has 0 saturated carbocycles. The van der Waals surface area contributed by atoms with Gasteiger partial charge in [0, 0.05) is 6.20 Å². The van der Waals surface area contributed by atoms with E-state index in [1.54, 1.807) is 18.2 Å². The van der Waals surface area contributed by atoms with Crippen molar-refractivity contribution >= 4 is 30.6 Å². The molecule has 13 nitrogen and oxygen atoms in total. The number of anilines is 1. The molecule has 1 aliphatic heterocycles. The Balaban J connectivity index is 1.62. The summed E-state index contributed by atoms with van der Waals surface area (Å²) in [6.07, 6.45) is -3.24. The van der Waals surface area contributed by atoms with Crippen LogP contribution in [0.3, 0.4) is 0 Å². The number of esters is 1. The topological polar surface area (TPSA) is 180 Å². The van der Waals surface area contributed by atoms with Crippen LogP contribution in [0.4, 0.5) is 10.2 Å². The molecule has 0 spiro atoms. The van der Waals surface area contributed by atoms with Gasteiger partial charge in [-0.1, -0.05) is 18.2 Å². The number of aromatic nitrogens is 3. The van der Waals surface area contributed by atoms with Crippen LogP contribution >= 0.6 is 7.75 Å². The van der Waals surface area contributed by atoms with E-state index in [0.29, 0.717) is 0 Å². The molecule has 0 bridgehead atoms. The Labute approximate surface area is 217 Å². The normalized spacial score (nSPS) is 26.6. The number of aliphatic hydroxyl groups is 2. The Bertz CT molecular complexity index is 1360. The molecule has 1 saturated heterocycles. The van der Waals surface area contributed by atoms with E-state index in [9.17, 15) is 24.0 Å². The number of ether oxygens (including phenoxy) is 2. The Morgan fingerprint density at radius 2 is 2.00 bits per heavy atom. The van der Waals surface area contributed by atoms with Gasteiger partial charge in [-0.05, 0) is 32.9 Å². The van der Waals surface area contributed by atoms with Gasteiger partial charge in [0.2, 0.25) is 0 Å². The minimum Gasteiger partial charge on any atom is -0.468 e. The fourth-order valence-corrected chi connectivity index (χ4v) is 5.93. The Hall–Kier alpha value is -3.13. The number of nitrogens with one attached hydrogen (secondary N) is 1. The fraction of sp³-hybridized carbons (Fsp3) is 0.435. The van der Waals surface area contributed by atoms with Gasteiger partial charge in [0.05, 0.1) is 18.6 Å². The molecule has 206 valence electrons. The summed E-state index contributed by atoms with van der Waals surface area (Å²) in [6, 6.07) is 7.00. The third-order valence-electron chi connectivity index (χ3n) is 6.18. The predicted molar refractivity (Wildman–Crippen MR) is 132 cm³/mol. The van der Waals surface area contributed by atoms with E-state index in [1.807, 2.05) is 0 Å². The molecule has 3 heterocycles. The summed E-state index contributed by atoms with van der Waals surface area (Å²) < 4.78 is 51.6. The number of methoxy groups -OCH3 is 1.